The Morgan fingerprint density at radius 1 is 0.853 bits per heavy atom. The summed E-state index contributed by atoms with van der Waals surface area (Å²) < 4.78 is 0. The number of benzene rings is 2. The molecule has 4 bridgehead atoms. The van der Waals surface area contributed by atoms with E-state index in [-0.39, 0.29) is 6.03 Å². The van der Waals surface area contributed by atoms with Gasteiger partial charge in [0.25, 0.3) is 0 Å². The molecule has 5 nitrogen and oxygen atoms in total. The lowest BCUT2D eigenvalue weighted by molar-refractivity contribution is -0.00518. The van der Waals surface area contributed by atoms with Crippen molar-refractivity contribution >= 4 is 23.6 Å². The topological polar surface area (TPSA) is 56.7 Å². The van der Waals surface area contributed by atoms with Crippen molar-refractivity contribution in [2.75, 3.05) is 23.3 Å². The smallest absolute Gasteiger partial charge is 0.339 e. The third-order valence-electron chi connectivity index (χ3n) is 8.79. The van der Waals surface area contributed by atoms with E-state index in [9.17, 15) is 4.79 Å². The van der Waals surface area contributed by atoms with Crippen LogP contribution in [0, 0.1) is 17.8 Å². The zero-order valence-electron chi connectivity index (χ0n) is 20.0. The maximum Gasteiger partial charge on any atom is 0.339 e. The maximum atomic E-state index is 12.3. The van der Waals surface area contributed by atoms with E-state index in [0.717, 1.165) is 42.1 Å². The van der Waals surface area contributed by atoms with Crippen LogP contribution in [-0.2, 0) is 5.41 Å². The zero-order chi connectivity index (χ0) is 23.0. The van der Waals surface area contributed by atoms with Crippen LogP contribution in [-0.4, -0.2) is 25.3 Å². The highest BCUT2D eigenvalue weighted by atomic mass is 16.2. The number of anilines is 2. The number of urea groups is 1. The van der Waals surface area contributed by atoms with Crippen LogP contribution in [0.5, 0.6) is 0 Å². The molecule has 5 fully saturated rings. The molecule has 1 heterocycles. The molecule has 1 aliphatic heterocycles. The minimum Gasteiger partial charge on any atom is -0.372 e. The van der Waals surface area contributed by atoms with E-state index in [1.165, 1.54) is 69.0 Å². The summed E-state index contributed by atoms with van der Waals surface area (Å²) in [7, 11) is 0. The number of carbonyl (C=O) groups excluding carboxylic acids is 1. The summed E-state index contributed by atoms with van der Waals surface area (Å²) in [5.41, 5.74) is 7.51. The van der Waals surface area contributed by atoms with Crippen LogP contribution in [0.3, 0.4) is 0 Å². The van der Waals surface area contributed by atoms with E-state index >= 15 is 0 Å². The molecule has 4 saturated carbocycles. The Hall–Kier alpha value is -2.82. The average molecular weight is 457 g/mol. The van der Waals surface area contributed by atoms with Crippen LogP contribution in [0.1, 0.15) is 68.9 Å². The van der Waals surface area contributed by atoms with E-state index in [1.807, 2.05) is 0 Å². The number of hydrogen-bond donors (Lipinski definition) is 2. The highest BCUT2D eigenvalue weighted by Crippen LogP contribution is 2.60. The summed E-state index contributed by atoms with van der Waals surface area (Å²) in [6.45, 7) is 2.28. The molecule has 0 spiro atoms. The number of amides is 2. The van der Waals surface area contributed by atoms with Crippen molar-refractivity contribution in [2.45, 2.75) is 63.2 Å². The van der Waals surface area contributed by atoms with Crippen LogP contribution >= 0.6 is 0 Å². The number of nitrogens with zero attached hydrogens (tertiary/aromatic N) is 2. The molecule has 0 aromatic heterocycles. The fourth-order valence-electron chi connectivity index (χ4n) is 7.62. The molecule has 0 unspecified atom stereocenters. The van der Waals surface area contributed by atoms with Gasteiger partial charge >= 0.3 is 6.03 Å². The van der Waals surface area contributed by atoms with Crippen LogP contribution in [0.15, 0.2) is 53.6 Å². The van der Waals surface area contributed by atoms with E-state index in [1.54, 1.807) is 6.21 Å². The fraction of sp³-hybridized carbons (Fsp3) is 0.517. The lowest BCUT2D eigenvalue weighted by atomic mass is 9.48. The number of hydrogen-bond acceptors (Lipinski definition) is 3. The second kappa shape index (κ2) is 9.09. The molecule has 34 heavy (non-hydrogen) atoms. The lowest BCUT2D eigenvalue weighted by Crippen LogP contribution is -2.48. The first-order chi connectivity index (χ1) is 16.6. The highest BCUT2D eigenvalue weighted by molar-refractivity contribution is 5.90. The van der Waals surface area contributed by atoms with Gasteiger partial charge in [-0.1, -0.05) is 24.3 Å². The van der Waals surface area contributed by atoms with Gasteiger partial charge in [-0.15, -0.1) is 0 Å². The van der Waals surface area contributed by atoms with Crippen molar-refractivity contribution in [3.05, 3.63) is 59.7 Å². The van der Waals surface area contributed by atoms with Gasteiger partial charge in [0.15, 0.2) is 0 Å². The molecule has 2 N–H and O–H groups in total. The standard InChI is InChI=1S/C29H36N4O/c34-28(32-30-20-21-4-10-27(11-5-21)33-12-2-1-3-13-33)31-26-8-6-25(7-9-26)29-17-22-14-23(18-29)16-24(15-22)19-29/h4-11,20,22-24H,1-3,12-19H2,(H2,31,32,34). The summed E-state index contributed by atoms with van der Waals surface area (Å²) in [5, 5.41) is 7.03. The second-order valence-electron chi connectivity index (χ2n) is 11.2. The maximum absolute atomic E-state index is 12.3. The third kappa shape index (κ3) is 4.45. The third-order valence-corrected chi connectivity index (χ3v) is 8.79. The van der Waals surface area contributed by atoms with Gasteiger partial charge in [0.1, 0.15) is 0 Å². The van der Waals surface area contributed by atoms with Crippen LogP contribution in [0.4, 0.5) is 16.2 Å². The summed E-state index contributed by atoms with van der Waals surface area (Å²) in [6, 6.07) is 16.7. The molecule has 7 rings (SSSR count). The summed E-state index contributed by atoms with van der Waals surface area (Å²) >= 11 is 0. The number of piperidine rings is 1. The SMILES string of the molecule is O=C(NN=Cc1ccc(N2CCCCC2)cc1)Nc1ccc(C23CC4CC(CC(C4)C2)C3)cc1. The van der Waals surface area contributed by atoms with Gasteiger partial charge in [0.05, 0.1) is 6.21 Å². The summed E-state index contributed by atoms with van der Waals surface area (Å²) in [5.74, 6) is 2.82. The van der Waals surface area contributed by atoms with Gasteiger partial charge in [-0.25, -0.2) is 10.2 Å². The van der Waals surface area contributed by atoms with Gasteiger partial charge in [-0.3, -0.25) is 0 Å². The Labute approximate surface area is 203 Å². The molecule has 1 saturated heterocycles. The Morgan fingerprint density at radius 2 is 1.47 bits per heavy atom. The Morgan fingerprint density at radius 3 is 2.09 bits per heavy atom. The number of carbonyl (C=O) groups is 1. The molecular formula is C29H36N4O. The van der Waals surface area contributed by atoms with Crippen molar-refractivity contribution in [3.63, 3.8) is 0 Å². The molecular weight excluding hydrogens is 420 g/mol. The van der Waals surface area contributed by atoms with Crippen LogP contribution < -0.4 is 15.6 Å². The molecule has 0 radical (unpaired) electrons. The molecule has 2 aromatic rings. The lowest BCUT2D eigenvalue weighted by Gasteiger charge is -2.57. The molecule has 0 atom stereocenters. The monoisotopic (exact) mass is 456 g/mol. The van der Waals surface area contributed by atoms with E-state index in [0.29, 0.717) is 5.41 Å². The minimum absolute atomic E-state index is 0.316. The van der Waals surface area contributed by atoms with Crippen LogP contribution in [0.25, 0.3) is 0 Å². The largest absolute Gasteiger partial charge is 0.372 e. The predicted octanol–water partition coefficient (Wildman–Crippen LogP) is 6.30. The minimum atomic E-state index is -0.316. The average Bonchev–Trinajstić information content (AvgIpc) is 2.85. The summed E-state index contributed by atoms with van der Waals surface area (Å²) in [6.07, 6.45) is 14.0. The van der Waals surface area contributed by atoms with Crippen molar-refractivity contribution in [2.24, 2.45) is 22.9 Å². The normalized spacial score (nSPS) is 30.0. The van der Waals surface area contributed by atoms with Crippen molar-refractivity contribution < 1.29 is 4.79 Å². The first kappa shape index (κ1) is 21.7. The second-order valence-corrected chi connectivity index (χ2v) is 11.2. The van der Waals surface area contributed by atoms with Gasteiger partial charge in [0, 0.05) is 24.5 Å². The van der Waals surface area contributed by atoms with Crippen LogP contribution in [0.2, 0.25) is 0 Å². The highest BCUT2D eigenvalue weighted by Gasteiger charge is 2.51. The fourth-order valence-corrected chi connectivity index (χ4v) is 7.62. The van der Waals surface area contributed by atoms with Crippen molar-refractivity contribution in [3.8, 4) is 0 Å². The molecule has 178 valence electrons. The van der Waals surface area contributed by atoms with E-state index < -0.39 is 0 Å². The van der Waals surface area contributed by atoms with Gasteiger partial charge in [0.2, 0.25) is 0 Å². The quantitative estimate of drug-likeness (QED) is 0.410. The predicted molar refractivity (Wildman–Crippen MR) is 139 cm³/mol. The number of hydrazone groups is 1. The molecule has 5 aliphatic rings. The van der Waals surface area contributed by atoms with Crippen molar-refractivity contribution in [1.82, 2.24) is 5.43 Å². The molecule has 4 aliphatic carbocycles. The van der Waals surface area contributed by atoms with Gasteiger partial charge in [-0.05, 0) is 116 Å². The number of rotatable bonds is 5. The van der Waals surface area contributed by atoms with E-state index in [2.05, 4.69) is 69.3 Å². The first-order valence-electron chi connectivity index (χ1n) is 13.2. The van der Waals surface area contributed by atoms with Crippen molar-refractivity contribution in [1.29, 1.82) is 0 Å². The Kier molecular flexibility index (Phi) is 5.80. The number of nitrogens with one attached hydrogen (secondary N) is 2. The van der Waals surface area contributed by atoms with Gasteiger partial charge < -0.3 is 10.2 Å². The first-order valence-corrected chi connectivity index (χ1v) is 13.2. The van der Waals surface area contributed by atoms with E-state index in [4.69, 9.17) is 0 Å². The zero-order valence-corrected chi connectivity index (χ0v) is 20.0. The molecule has 2 aromatic carbocycles. The molecule has 5 heteroatoms. The Bertz CT molecular complexity index is 1000. The molecule has 2 amide bonds. The summed E-state index contributed by atoms with van der Waals surface area (Å²) in [4.78, 5) is 14.8. The Balaban J connectivity index is 1.02. The van der Waals surface area contributed by atoms with Gasteiger partial charge in [-0.2, -0.15) is 5.10 Å².